The second kappa shape index (κ2) is 7.83. The number of aromatic nitrogens is 3. The van der Waals surface area contributed by atoms with Crippen LogP contribution < -0.4 is 0 Å². The topological polar surface area (TPSA) is 77.2 Å². The van der Waals surface area contributed by atoms with Crippen LogP contribution in [0.25, 0.3) is 16.6 Å². The van der Waals surface area contributed by atoms with E-state index in [1.807, 2.05) is 36.5 Å². The first-order chi connectivity index (χ1) is 13.6. The van der Waals surface area contributed by atoms with E-state index >= 15 is 0 Å². The van der Waals surface area contributed by atoms with Crippen LogP contribution in [0.4, 0.5) is 0 Å². The fourth-order valence-corrected chi connectivity index (χ4v) is 6.43. The van der Waals surface area contributed by atoms with Crippen molar-refractivity contribution >= 4 is 26.5 Å². The van der Waals surface area contributed by atoms with Crippen molar-refractivity contribution in [3.8, 4) is 5.69 Å². The maximum absolute atomic E-state index is 14.0. The van der Waals surface area contributed by atoms with Crippen LogP contribution in [0.1, 0.15) is 45.4 Å². The van der Waals surface area contributed by atoms with Gasteiger partial charge in [0.05, 0.1) is 27.1 Å². The van der Waals surface area contributed by atoms with Gasteiger partial charge in [0.2, 0.25) is 0 Å². The lowest BCUT2D eigenvalue weighted by atomic mass is 10.2. The third-order valence-electron chi connectivity index (χ3n) is 5.24. The maximum atomic E-state index is 14.0. The van der Waals surface area contributed by atoms with Gasteiger partial charge in [-0.25, -0.2) is 8.89 Å². The van der Waals surface area contributed by atoms with Crippen molar-refractivity contribution in [2.24, 2.45) is 4.36 Å². The molecule has 1 fully saturated rings. The zero-order valence-corrected chi connectivity index (χ0v) is 16.8. The summed E-state index contributed by atoms with van der Waals surface area (Å²) < 4.78 is 19.9. The molecule has 7 heteroatoms. The highest BCUT2D eigenvalue weighted by Gasteiger charge is 2.27. The van der Waals surface area contributed by atoms with Gasteiger partial charge in [-0.2, -0.15) is 9.46 Å². The molecule has 0 radical (unpaired) electrons. The number of hydrogen-bond donors (Lipinski definition) is 0. The van der Waals surface area contributed by atoms with E-state index in [2.05, 4.69) is 14.4 Å². The summed E-state index contributed by atoms with van der Waals surface area (Å²) in [5.41, 5.74) is 1.66. The van der Waals surface area contributed by atoms with Crippen molar-refractivity contribution in [2.45, 2.75) is 55.6 Å². The van der Waals surface area contributed by atoms with Gasteiger partial charge < -0.3 is 0 Å². The molecule has 0 bridgehead atoms. The van der Waals surface area contributed by atoms with Gasteiger partial charge in [-0.1, -0.05) is 25.7 Å². The fourth-order valence-electron chi connectivity index (χ4n) is 3.88. The zero-order chi connectivity index (χ0) is 19.6. The maximum Gasteiger partial charge on any atom is 0.250 e. The Hall–Kier alpha value is -2.54. The van der Waals surface area contributed by atoms with Gasteiger partial charge in [-0.15, -0.1) is 0 Å². The molecule has 1 unspecified atom stereocenters. The molecule has 0 aliphatic heterocycles. The number of hydrogen-bond acceptors (Lipinski definition) is 4. The molecule has 2 aromatic heterocycles. The Kier molecular flexibility index (Phi) is 5.26. The highest BCUT2D eigenvalue weighted by molar-refractivity contribution is 7.94. The van der Waals surface area contributed by atoms with E-state index in [1.165, 1.54) is 6.92 Å². The van der Waals surface area contributed by atoms with Crippen LogP contribution in [-0.4, -0.2) is 30.1 Å². The molecule has 1 atom stereocenters. The van der Waals surface area contributed by atoms with Gasteiger partial charge in [-0.05, 0) is 43.2 Å². The lowest BCUT2D eigenvalue weighted by molar-refractivity contribution is -0.115. The fraction of sp³-hybridized carbons (Fsp3) is 0.381. The molecule has 2 heterocycles. The highest BCUT2D eigenvalue weighted by atomic mass is 32.2. The predicted octanol–water partition coefficient (Wildman–Crippen LogP) is 4.52. The number of carbonyl (C=O) groups excluding carboxylic acids is 1. The molecule has 146 valence electrons. The lowest BCUT2D eigenvalue weighted by Gasteiger charge is -2.20. The average Bonchev–Trinajstić information content (AvgIpc) is 2.92. The van der Waals surface area contributed by atoms with Gasteiger partial charge in [0.15, 0.2) is 0 Å². The number of carbonyl (C=O) groups is 1. The Morgan fingerprint density at radius 1 is 1.18 bits per heavy atom. The smallest absolute Gasteiger partial charge is 0.250 e. The molecule has 1 aliphatic carbocycles. The van der Waals surface area contributed by atoms with E-state index in [4.69, 9.17) is 0 Å². The summed E-state index contributed by atoms with van der Waals surface area (Å²) in [6.45, 7) is 1.38. The number of fused-ring (bicyclic) bond motifs is 1. The first kappa shape index (κ1) is 18.8. The molecule has 3 aromatic rings. The molecule has 6 nitrogen and oxygen atoms in total. The van der Waals surface area contributed by atoms with Crippen LogP contribution in [0, 0.1) is 0 Å². The van der Waals surface area contributed by atoms with Gasteiger partial charge >= 0.3 is 0 Å². The minimum Gasteiger partial charge on any atom is -0.272 e. The van der Waals surface area contributed by atoms with Gasteiger partial charge in [0.1, 0.15) is 0 Å². The minimum absolute atomic E-state index is 0.0790. The third-order valence-corrected chi connectivity index (χ3v) is 8.07. The quantitative estimate of drug-likeness (QED) is 0.610. The third kappa shape index (κ3) is 3.71. The molecule has 0 spiro atoms. The van der Waals surface area contributed by atoms with Gasteiger partial charge in [0, 0.05) is 34.8 Å². The Balaban J connectivity index is 1.80. The molecule has 0 saturated heterocycles. The Labute approximate surface area is 165 Å². The van der Waals surface area contributed by atoms with Crippen molar-refractivity contribution in [2.75, 3.05) is 0 Å². The Bertz CT molecular complexity index is 1110. The van der Waals surface area contributed by atoms with E-state index in [0.717, 1.165) is 55.1 Å². The van der Waals surface area contributed by atoms with E-state index in [9.17, 15) is 9.00 Å². The summed E-state index contributed by atoms with van der Waals surface area (Å²) in [4.78, 5) is 16.6. The SMILES string of the molecule is CC(=O)N=S(=O)(c1ccc2nn(-c3cccnc3)cc2c1)C1CCCCCC1. The van der Waals surface area contributed by atoms with Crippen LogP contribution in [-0.2, 0) is 14.5 Å². The highest BCUT2D eigenvalue weighted by Crippen LogP contribution is 2.31. The van der Waals surface area contributed by atoms with Crippen LogP contribution in [0.5, 0.6) is 0 Å². The molecular weight excluding hydrogens is 372 g/mol. The van der Waals surface area contributed by atoms with E-state index in [-0.39, 0.29) is 11.2 Å². The molecule has 1 amide bonds. The summed E-state index contributed by atoms with van der Waals surface area (Å²) >= 11 is 0. The minimum atomic E-state index is -2.81. The first-order valence-electron chi connectivity index (χ1n) is 9.73. The molecule has 1 aliphatic rings. The number of rotatable bonds is 3. The molecule has 28 heavy (non-hydrogen) atoms. The second-order valence-electron chi connectivity index (χ2n) is 7.30. The number of nitrogens with zero attached hydrogens (tertiary/aromatic N) is 4. The molecule has 1 saturated carbocycles. The Morgan fingerprint density at radius 3 is 2.64 bits per heavy atom. The monoisotopic (exact) mass is 396 g/mol. The zero-order valence-electron chi connectivity index (χ0n) is 16.0. The van der Waals surface area contributed by atoms with Crippen LogP contribution in [0.3, 0.4) is 0 Å². The summed E-state index contributed by atoms with van der Waals surface area (Å²) in [5, 5.41) is 5.38. The predicted molar refractivity (Wildman–Crippen MR) is 110 cm³/mol. The van der Waals surface area contributed by atoms with Crippen molar-refractivity contribution in [3.63, 3.8) is 0 Å². The standard InChI is InChI=1S/C21H24N4O2S/c1-16(26)24-28(27,19-8-4-2-3-5-9-19)20-10-11-21-17(13-20)15-25(23-21)18-7-6-12-22-14-18/h6-7,10-15,19H,2-5,8-9H2,1H3. The number of pyridine rings is 1. The summed E-state index contributed by atoms with van der Waals surface area (Å²) in [6, 6.07) is 9.36. The van der Waals surface area contributed by atoms with E-state index in [1.54, 1.807) is 17.1 Å². The van der Waals surface area contributed by atoms with Gasteiger partial charge in [-0.3, -0.25) is 9.78 Å². The van der Waals surface area contributed by atoms with Crippen LogP contribution in [0.15, 0.2) is 58.2 Å². The Morgan fingerprint density at radius 2 is 1.96 bits per heavy atom. The van der Waals surface area contributed by atoms with Crippen molar-refractivity contribution in [3.05, 3.63) is 48.9 Å². The average molecular weight is 397 g/mol. The van der Waals surface area contributed by atoms with E-state index in [0.29, 0.717) is 4.90 Å². The van der Waals surface area contributed by atoms with Crippen molar-refractivity contribution in [1.29, 1.82) is 0 Å². The summed E-state index contributed by atoms with van der Waals surface area (Å²) in [6.07, 6.45) is 11.4. The molecular formula is C21H24N4O2S. The molecule has 0 N–H and O–H groups in total. The van der Waals surface area contributed by atoms with Crippen molar-refractivity contribution < 1.29 is 9.00 Å². The van der Waals surface area contributed by atoms with Gasteiger partial charge in [0.25, 0.3) is 5.91 Å². The van der Waals surface area contributed by atoms with E-state index < -0.39 is 9.73 Å². The summed E-state index contributed by atoms with van der Waals surface area (Å²) in [7, 11) is -2.81. The molecule has 1 aromatic carbocycles. The van der Waals surface area contributed by atoms with Crippen LogP contribution >= 0.6 is 0 Å². The lowest BCUT2D eigenvalue weighted by Crippen LogP contribution is -2.21. The number of amides is 1. The largest absolute Gasteiger partial charge is 0.272 e. The normalized spacial score (nSPS) is 17.8. The van der Waals surface area contributed by atoms with Crippen molar-refractivity contribution in [1.82, 2.24) is 14.8 Å². The summed E-state index contributed by atoms with van der Waals surface area (Å²) in [5.74, 6) is -0.375. The second-order valence-corrected chi connectivity index (χ2v) is 9.76. The molecule has 4 rings (SSSR count). The number of benzene rings is 1. The first-order valence-corrected chi connectivity index (χ1v) is 11.3. The van der Waals surface area contributed by atoms with Crippen LogP contribution in [0.2, 0.25) is 0 Å².